The molecule has 4 N–H and O–H groups in total. The number of amides is 4. The highest BCUT2D eigenvalue weighted by Gasteiger charge is 2.39. The van der Waals surface area contributed by atoms with E-state index in [1.807, 2.05) is 13.8 Å². The maximum absolute atomic E-state index is 12.8. The second-order valence-electron chi connectivity index (χ2n) is 6.89. The Balaban J connectivity index is 2.93. The molecule has 0 aliphatic carbocycles. The lowest BCUT2D eigenvalue weighted by Crippen LogP contribution is -2.56. The molecular weight excluding hydrogens is 372 g/mol. The first-order valence-electron chi connectivity index (χ1n) is 8.82. The second kappa shape index (κ2) is 10.3. The van der Waals surface area contributed by atoms with Crippen LogP contribution in [0.15, 0.2) is 0 Å². The highest BCUT2D eigenvalue weighted by molar-refractivity contribution is 8.12. The predicted octanol–water partition coefficient (Wildman–Crippen LogP) is 0.0238. The molecule has 152 valence electrons. The number of Topliss-reactive ketones (excluding diaryl/α,β-unsaturated/α-hetero) is 1. The van der Waals surface area contributed by atoms with Gasteiger partial charge in [-0.15, -0.1) is 0 Å². The number of ketones is 1. The number of hydrogen-bond donors (Lipinski definition) is 3. The van der Waals surface area contributed by atoms with Gasteiger partial charge in [-0.25, -0.2) is 0 Å². The summed E-state index contributed by atoms with van der Waals surface area (Å²) in [6.07, 6.45) is 2.25. The lowest BCUT2D eigenvalue weighted by atomic mass is 10.00. The van der Waals surface area contributed by atoms with Gasteiger partial charge in [-0.3, -0.25) is 24.0 Å². The molecule has 0 aromatic carbocycles. The third-order valence-electron chi connectivity index (χ3n) is 4.42. The van der Waals surface area contributed by atoms with Gasteiger partial charge in [-0.1, -0.05) is 25.6 Å². The van der Waals surface area contributed by atoms with E-state index in [1.165, 1.54) is 11.8 Å². The number of likely N-dealkylation sites (tertiary alicyclic amines) is 1. The molecule has 0 aromatic heterocycles. The van der Waals surface area contributed by atoms with Crippen molar-refractivity contribution in [1.29, 1.82) is 0 Å². The maximum Gasteiger partial charge on any atom is 0.279 e. The number of nitrogens with zero attached hydrogens (tertiary/aromatic N) is 1. The van der Waals surface area contributed by atoms with Crippen LogP contribution in [0.4, 0.5) is 4.79 Å². The minimum Gasteiger partial charge on any atom is -0.370 e. The number of primary amides is 1. The Morgan fingerprint density at radius 1 is 1.19 bits per heavy atom. The molecule has 1 heterocycles. The average Bonchev–Trinajstić information content (AvgIpc) is 3.06. The molecule has 9 nitrogen and oxygen atoms in total. The molecule has 0 saturated carbocycles. The molecule has 4 amide bonds. The molecular formula is C17H28N4O5S. The molecule has 0 spiro atoms. The van der Waals surface area contributed by atoms with E-state index < -0.39 is 41.1 Å². The third kappa shape index (κ3) is 6.53. The fourth-order valence-electron chi connectivity index (χ4n) is 3.09. The van der Waals surface area contributed by atoms with Crippen LogP contribution in [0.25, 0.3) is 0 Å². The van der Waals surface area contributed by atoms with Crippen LogP contribution in [-0.2, 0) is 19.2 Å². The van der Waals surface area contributed by atoms with E-state index in [2.05, 4.69) is 10.6 Å². The van der Waals surface area contributed by atoms with Gasteiger partial charge >= 0.3 is 0 Å². The summed E-state index contributed by atoms with van der Waals surface area (Å²) in [5, 5.41) is 4.70. The molecule has 1 aliphatic rings. The van der Waals surface area contributed by atoms with Crippen LogP contribution in [0.2, 0.25) is 0 Å². The van der Waals surface area contributed by atoms with Crippen LogP contribution < -0.4 is 16.4 Å². The van der Waals surface area contributed by atoms with E-state index in [9.17, 15) is 24.0 Å². The standard InChI is InChI=1S/C17H28N4O5S/c1-9(2)14(10(3)22)20-15(24)12-6-5-7-21(12)16(25)11(8-13(18)23)19-17(26)27-4/h9,11-12,14H,5-8H2,1-4H3,(H2,18,23)(H,19,26)(H,20,24). The van der Waals surface area contributed by atoms with Crippen LogP contribution in [0.5, 0.6) is 0 Å². The highest BCUT2D eigenvalue weighted by Crippen LogP contribution is 2.20. The van der Waals surface area contributed by atoms with Gasteiger partial charge < -0.3 is 21.3 Å². The Labute approximate surface area is 163 Å². The van der Waals surface area contributed by atoms with E-state index in [4.69, 9.17) is 5.73 Å². The van der Waals surface area contributed by atoms with Crippen molar-refractivity contribution in [1.82, 2.24) is 15.5 Å². The summed E-state index contributed by atoms with van der Waals surface area (Å²) in [6, 6.07) is -2.50. The van der Waals surface area contributed by atoms with Gasteiger partial charge in [0, 0.05) is 6.54 Å². The molecule has 1 fully saturated rings. The molecule has 27 heavy (non-hydrogen) atoms. The fraction of sp³-hybridized carbons (Fsp3) is 0.706. The Kier molecular flexibility index (Phi) is 8.74. The van der Waals surface area contributed by atoms with E-state index in [0.29, 0.717) is 19.4 Å². The van der Waals surface area contributed by atoms with Crippen LogP contribution in [-0.4, -0.2) is 64.6 Å². The largest absolute Gasteiger partial charge is 0.370 e. The van der Waals surface area contributed by atoms with Gasteiger partial charge in [0.25, 0.3) is 5.24 Å². The van der Waals surface area contributed by atoms with E-state index >= 15 is 0 Å². The Bertz CT molecular complexity index is 610. The monoisotopic (exact) mass is 400 g/mol. The van der Waals surface area contributed by atoms with Crippen molar-refractivity contribution in [2.75, 3.05) is 12.8 Å². The first-order chi connectivity index (χ1) is 12.6. The smallest absolute Gasteiger partial charge is 0.279 e. The third-order valence-corrected chi connectivity index (χ3v) is 4.91. The maximum atomic E-state index is 12.8. The van der Waals surface area contributed by atoms with E-state index in [-0.39, 0.29) is 18.1 Å². The number of hydrogen-bond acceptors (Lipinski definition) is 6. The number of nitrogens with one attached hydrogen (secondary N) is 2. The molecule has 1 rings (SSSR count). The summed E-state index contributed by atoms with van der Waals surface area (Å²) in [7, 11) is 0. The summed E-state index contributed by atoms with van der Waals surface area (Å²) in [4.78, 5) is 61.5. The van der Waals surface area contributed by atoms with Crippen molar-refractivity contribution >= 4 is 40.5 Å². The Morgan fingerprint density at radius 3 is 2.30 bits per heavy atom. The van der Waals surface area contributed by atoms with Gasteiger partial charge in [0.1, 0.15) is 12.1 Å². The highest BCUT2D eigenvalue weighted by atomic mass is 32.2. The van der Waals surface area contributed by atoms with Crippen molar-refractivity contribution in [3.63, 3.8) is 0 Å². The summed E-state index contributed by atoms with van der Waals surface area (Å²) >= 11 is 0.872. The first kappa shape index (κ1) is 22.9. The quantitative estimate of drug-likeness (QED) is 0.525. The zero-order chi connectivity index (χ0) is 20.7. The Hall–Kier alpha value is -2.10. The molecule has 1 saturated heterocycles. The van der Waals surface area contributed by atoms with Crippen LogP contribution in [0.3, 0.4) is 0 Å². The molecule has 0 aromatic rings. The lowest BCUT2D eigenvalue weighted by molar-refractivity contribution is -0.141. The summed E-state index contributed by atoms with van der Waals surface area (Å²) < 4.78 is 0. The molecule has 1 aliphatic heterocycles. The number of carbonyl (C=O) groups is 5. The topological polar surface area (TPSA) is 139 Å². The van der Waals surface area contributed by atoms with E-state index in [0.717, 1.165) is 11.8 Å². The van der Waals surface area contributed by atoms with Crippen LogP contribution in [0.1, 0.15) is 40.0 Å². The van der Waals surface area contributed by atoms with Crippen LogP contribution in [0, 0.1) is 5.92 Å². The van der Waals surface area contributed by atoms with Crippen molar-refractivity contribution in [3.8, 4) is 0 Å². The summed E-state index contributed by atoms with van der Waals surface area (Å²) in [6.45, 7) is 5.38. The summed E-state index contributed by atoms with van der Waals surface area (Å²) in [5.74, 6) is -1.92. The minimum absolute atomic E-state index is 0.0829. The molecule has 3 atom stereocenters. The first-order valence-corrected chi connectivity index (χ1v) is 10.0. The SMILES string of the molecule is CSC(=O)NC(CC(N)=O)C(=O)N1CCCC1C(=O)NC(C(C)=O)C(C)C. The fourth-order valence-corrected chi connectivity index (χ4v) is 3.35. The van der Waals surface area contributed by atoms with Gasteiger partial charge in [0.2, 0.25) is 17.7 Å². The zero-order valence-corrected chi connectivity index (χ0v) is 16.9. The molecule has 0 bridgehead atoms. The van der Waals surface area contributed by atoms with Gasteiger partial charge in [-0.05, 0) is 31.9 Å². The van der Waals surface area contributed by atoms with Crippen LogP contribution >= 0.6 is 11.8 Å². The lowest BCUT2D eigenvalue weighted by Gasteiger charge is -2.29. The molecule has 3 unspecified atom stereocenters. The number of nitrogens with two attached hydrogens (primary N) is 1. The molecule has 0 radical (unpaired) electrons. The zero-order valence-electron chi connectivity index (χ0n) is 16.1. The number of thioether (sulfide) groups is 1. The number of rotatable bonds is 8. The van der Waals surface area contributed by atoms with Crippen molar-refractivity contribution in [2.24, 2.45) is 11.7 Å². The van der Waals surface area contributed by atoms with Gasteiger partial charge in [0.05, 0.1) is 12.5 Å². The van der Waals surface area contributed by atoms with Crippen molar-refractivity contribution in [2.45, 2.75) is 58.2 Å². The van der Waals surface area contributed by atoms with E-state index in [1.54, 1.807) is 6.26 Å². The predicted molar refractivity (Wildman–Crippen MR) is 102 cm³/mol. The Morgan fingerprint density at radius 2 is 1.81 bits per heavy atom. The number of carbonyl (C=O) groups excluding carboxylic acids is 5. The second-order valence-corrected chi connectivity index (χ2v) is 7.67. The molecule has 10 heteroatoms. The summed E-state index contributed by atoms with van der Waals surface area (Å²) in [5.41, 5.74) is 5.19. The van der Waals surface area contributed by atoms with Crippen molar-refractivity contribution < 1.29 is 24.0 Å². The average molecular weight is 401 g/mol. The van der Waals surface area contributed by atoms with Gasteiger partial charge in [0.15, 0.2) is 5.78 Å². The normalized spacial score (nSPS) is 18.7. The van der Waals surface area contributed by atoms with Gasteiger partial charge in [-0.2, -0.15) is 0 Å². The minimum atomic E-state index is -1.12. The van der Waals surface area contributed by atoms with Crippen molar-refractivity contribution in [3.05, 3.63) is 0 Å².